The van der Waals surface area contributed by atoms with Crippen LogP contribution in [-0.4, -0.2) is 18.6 Å². The quantitative estimate of drug-likeness (QED) is 0.380. The van der Waals surface area contributed by atoms with Crippen molar-refractivity contribution >= 4 is 0 Å². The monoisotopic (exact) mass is 105 g/mol. The normalized spacial score (nSPS) is 6.43. The van der Waals surface area contributed by atoms with Crippen LogP contribution in [0, 0.1) is 0 Å². The van der Waals surface area contributed by atoms with E-state index in [-0.39, 0.29) is 5.48 Å². The van der Waals surface area contributed by atoms with Crippen molar-refractivity contribution in [3.05, 3.63) is 12.8 Å². The Morgan fingerprint density at radius 1 is 1.71 bits per heavy atom. The molecule has 0 spiro atoms. The SMILES string of the molecule is C=COCCN.O. The molecule has 0 atom stereocenters. The van der Waals surface area contributed by atoms with E-state index in [1.165, 1.54) is 6.26 Å². The van der Waals surface area contributed by atoms with Crippen LogP contribution in [0.5, 0.6) is 0 Å². The third-order valence-corrected chi connectivity index (χ3v) is 0.354. The summed E-state index contributed by atoms with van der Waals surface area (Å²) in [6.45, 7) is 4.45. The van der Waals surface area contributed by atoms with Gasteiger partial charge in [-0.1, -0.05) is 6.58 Å². The summed E-state index contributed by atoms with van der Waals surface area (Å²) >= 11 is 0. The molecule has 0 bridgehead atoms. The molecule has 0 saturated carbocycles. The van der Waals surface area contributed by atoms with E-state index < -0.39 is 0 Å². The molecule has 0 aliphatic rings. The minimum absolute atomic E-state index is 0. The molecule has 0 amide bonds. The van der Waals surface area contributed by atoms with Gasteiger partial charge in [0, 0.05) is 6.54 Å². The molecule has 0 radical (unpaired) electrons. The second-order valence-electron chi connectivity index (χ2n) is 0.826. The molecule has 0 aliphatic carbocycles. The first-order valence-electron chi connectivity index (χ1n) is 1.84. The third-order valence-electron chi connectivity index (χ3n) is 0.354. The Balaban J connectivity index is 0. The summed E-state index contributed by atoms with van der Waals surface area (Å²) in [6.07, 6.45) is 1.38. The first kappa shape index (κ1) is 9.68. The van der Waals surface area contributed by atoms with Crippen molar-refractivity contribution in [3.8, 4) is 0 Å². The summed E-state index contributed by atoms with van der Waals surface area (Å²) in [4.78, 5) is 0. The van der Waals surface area contributed by atoms with Crippen molar-refractivity contribution < 1.29 is 10.2 Å². The van der Waals surface area contributed by atoms with Gasteiger partial charge in [0.2, 0.25) is 0 Å². The standard InChI is InChI=1S/C4H9NO.H2O/c1-2-6-4-3-5;/h2H,1,3-5H2;1H2. The molecule has 0 aromatic carbocycles. The Morgan fingerprint density at radius 3 is 2.43 bits per heavy atom. The summed E-state index contributed by atoms with van der Waals surface area (Å²) < 4.78 is 4.62. The second-order valence-corrected chi connectivity index (χ2v) is 0.826. The minimum Gasteiger partial charge on any atom is -0.500 e. The van der Waals surface area contributed by atoms with Gasteiger partial charge in [0.15, 0.2) is 0 Å². The zero-order valence-electron chi connectivity index (χ0n) is 4.18. The molecule has 0 saturated heterocycles. The first-order valence-corrected chi connectivity index (χ1v) is 1.84. The average Bonchev–Trinajstić information content (AvgIpc) is 1.61. The molecule has 0 unspecified atom stereocenters. The average molecular weight is 105 g/mol. The highest BCUT2D eigenvalue weighted by Gasteiger charge is 1.68. The van der Waals surface area contributed by atoms with Gasteiger partial charge in [-0.05, 0) is 0 Å². The molecule has 44 valence electrons. The topological polar surface area (TPSA) is 66.8 Å². The predicted molar refractivity (Wildman–Crippen MR) is 28.8 cm³/mol. The van der Waals surface area contributed by atoms with Crippen LogP contribution in [0.4, 0.5) is 0 Å². The molecule has 4 N–H and O–H groups in total. The van der Waals surface area contributed by atoms with Gasteiger partial charge in [0.25, 0.3) is 0 Å². The van der Waals surface area contributed by atoms with E-state index in [4.69, 9.17) is 5.73 Å². The van der Waals surface area contributed by atoms with Crippen LogP contribution in [-0.2, 0) is 4.74 Å². The lowest BCUT2D eigenvalue weighted by molar-refractivity contribution is 0.261. The van der Waals surface area contributed by atoms with Crippen LogP contribution in [0.25, 0.3) is 0 Å². The Kier molecular flexibility index (Phi) is 12.5. The van der Waals surface area contributed by atoms with E-state index in [1.54, 1.807) is 0 Å². The molecule has 7 heavy (non-hydrogen) atoms. The smallest absolute Gasteiger partial charge is 0.0995 e. The Labute approximate surface area is 43.1 Å². The lowest BCUT2D eigenvalue weighted by Gasteiger charge is -1.90. The van der Waals surface area contributed by atoms with E-state index in [1.807, 2.05) is 0 Å². The Morgan fingerprint density at radius 2 is 2.29 bits per heavy atom. The van der Waals surface area contributed by atoms with Gasteiger partial charge in [-0.15, -0.1) is 0 Å². The molecule has 3 nitrogen and oxygen atoms in total. The molecular formula is C4H11NO2. The van der Waals surface area contributed by atoms with Gasteiger partial charge < -0.3 is 15.9 Å². The summed E-state index contributed by atoms with van der Waals surface area (Å²) in [5.41, 5.74) is 5.04. The first-order chi connectivity index (χ1) is 2.91. The second kappa shape index (κ2) is 9.07. The van der Waals surface area contributed by atoms with Crippen molar-refractivity contribution in [2.24, 2.45) is 5.73 Å². The largest absolute Gasteiger partial charge is 0.500 e. The van der Waals surface area contributed by atoms with Gasteiger partial charge in [-0.3, -0.25) is 0 Å². The van der Waals surface area contributed by atoms with E-state index in [0.29, 0.717) is 13.2 Å². The zero-order valence-corrected chi connectivity index (χ0v) is 4.18. The van der Waals surface area contributed by atoms with Crippen molar-refractivity contribution in [2.45, 2.75) is 0 Å². The van der Waals surface area contributed by atoms with Crippen LogP contribution < -0.4 is 5.73 Å². The fraction of sp³-hybridized carbons (Fsp3) is 0.500. The van der Waals surface area contributed by atoms with Crippen molar-refractivity contribution in [1.29, 1.82) is 0 Å². The lowest BCUT2D eigenvalue weighted by Crippen LogP contribution is -2.04. The maximum atomic E-state index is 5.04. The summed E-state index contributed by atoms with van der Waals surface area (Å²) in [5, 5.41) is 0. The van der Waals surface area contributed by atoms with Crippen LogP contribution in [0.3, 0.4) is 0 Å². The van der Waals surface area contributed by atoms with E-state index in [9.17, 15) is 0 Å². The maximum absolute atomic E-state index is 5.04. The van der Waals surface area contributed by atoms with Crippen LogP contribution >= 0.6 is 0 Å². The minimum atomic E-state index is 0. The summed E-state index contributed by atoms with van der Waals surface area (Å²) in [7, 11) is 0. The number of hydrogen-bond acceptors (Lipinski definition) is 2. The van der Waals surface area contributed by atoms with Crippen molar-refractivity contribution in [1.82, 2.24) is 0 Å². The highest BCUT2D eigenvalue weighted by atomic mass is 16.5. The van der Waals surface area contributed by atoms with E-state index in [0.717, 1.165) is 0 Å². The third kappa shape index (κ3) is 10.8. The fourth-order valence-corrected chi connectivity index (χ4v) is 0.151. The Hall–Kier alpha value is -0.540. The van der Waals surface area contributed by atoms with E-state index >= 15 is 0 Å². The van der Waals surface area contributed by atoms with Crippen LogP contribution in [0.1, 0.15) is 0 Å². The number of nitrogens with two attached hydrogens (primary N) is 1. The van der Waals surface area contributed by atoms with Gasteiger partial charge in [0.05, 0.1) is 12.9 Å². The number of rotatable bonds is 3. The van der Waals surface area contributed by atoms with Gasteiger partial charge >= 0.3 is 0 Å². The van der Waals surface area contributed by atoms with E-state index in [2.05, 4.69) is 11.3 Å². The van der Waals surface area contributed by atoms with Crippen molar-refractivity contribution in [3.63, 3.8) is 0 Å². The molecule has 0 aromatic heterocycles. The highest BCUT2D eigenvalue weighted by molar-refractivity contribution is 4.47. The molecule has 0 aromatic rings. The molecule has 0 fully saturated rings. The molecular weight excluding hydrogens is 94.0 g/mol. The highest BCUT2D eigenvalue weighted by Crippen LogP contribution is 1.65. The maximum Gasteiger partial charge on any atom is 0.0995 e. The van der Waals surface area contributed by atoms with Gasteiger partial charge in [-0.25, -0.2) is 0 Å². The summed E-state index contributed by atoms with van der Waals surface area (Å²) in [6, 6.07) is 0. The molecule has 0 aliphatic heterocycles. The lowest BCUT2D eigenvalue weighted by atomic mass is 10.7. The molecule has 0 heterocycles. The van der Waals surface area contributed by atoms with Gasteiger partial charge in [-0.2, -0.15) is 0 Å². The zero-order chi connectivity index (χ0) is 4.83. The Bertz CT molecular complexity index is 38.7. The van der Waals surface area contributed by atoms with Gasteiger partial charge in [0.1, 0.15) is 0 Å². The predicted octanol–water partition coefficient (Wildman–Crippen LogP) is -0.720. The number of ether oxygens (including phenoxy) is 1. The number of hydrogen-bond donors (Lipinski definition) is 1. The van der Waals surface area contributed by atoms with Crippen molar-refractivity contribution in [2.75, 3.05) is 13.2 Å². The summed E-state index contributed by atoms with van der Waals surface area (Å²) in [5.74, 6) is 0. The molecule has 3 heteroatoms. The fourth-order valence-electron chi connectivity index (χ4n) is 0.151. The van der Waals surface area contributed by atoms with Crippen LogP contribution in [0.2, 0.25) is 0 Å². The molecule has 0 rings (SSSR count). The van der Waals surface area contributed by atoms with Crippen LogP contribution in [0.15, 0.2) is 12.8 Å².